The summed E-state index contributed by atoms with van der Waals surface area (Å²) in [5, 5.41) is 3.37. The smallest absolute Gasteiger partial charge is 0.0671 e. The van der Waals surface area contributed by atoms with E-state index in [0.29, 0.717) is 0 Å². The van der Waals surface area contributed by atoms with E-state index in [1.54, 1.807) is 0 Å². The largest absolute Gasteiger partial charge is 0.377 e. The maximum atomic E-state index is 5.43. The van der Waals surface area contributed by atoms with Gasteiger partial charge in [-0.25, -0.2) is 0 Å². The topological polar surface area (TPSA) is 21.3 Å². The normalized spacial score (nSPS) is 12.7. The molecule has 0 saturated carbocycles. The molecule has 0 heterocycles. The van der Waals surface area contributed by atoms with Crippen molar-refractivity contribution in [1.82, 2.24) is 5.32 Å². The van der Waals surface area contributed by atoms with Crippen molar-refractivity contribution in [2.45, 2.75) is 26.5 Å². The van der Waals surface area contributed by atoms with E-state index in [1.807, 2.05) is 19.1 Å². The van der Waals surface area contributed by atoms with Crippen LogP contribution in [-0.4, -0.2) is 19.3 Å². The first kappa shape index (κ1) is 12.7. The summed E-state index contributed by atoms with van der Waals surface area (Å²) in [4.78, 5) is 0. The second kappa shape index (κ2) is 6.99. The van der Waals surface area contributed by atoms with Gasteiger partial charge in [-0.15, -0.1) is 0 Å². The molecule has 15 heavy (non-hydrogen) atoms. The van der Waals surface area contributed by atoms with Gasteiger partial charge in [0.1, 0.15) is 0 Å². The fourth-order valence-corrected chi connectivity index (χ4v) is 1.86. The second-order valence-corrected chi connectivity index (χ2v) is 4.44. The van der Waals surface area contributed by atoms with E-state index in [9.17, 15) is 0 Å². The summed E-state index contributed by atoms with van der Waals surface area (Å²) in [5.41, 5.74) is 1.29. The highest BCUT2D eigenvalue weighted by Crippen LogP contribution is 2.11. The third-order valence-electron chi connectivity index (χ3n) is 2.10. The van der Waals surface area contributed by atoms with Crippen LogP contribution in [0.3, 0.4) is 0 Å². The van der Waals surface area contributed by atoms with Gasteiger partial charge in [-0.1, -0.05) is 28.1 Å². The van der Waals surface area contributed by atoms with Crippen LogP contribution in [0.4, 0.5) is 0 Å². The van der Waals surface area contributed by atoms with Crippen LogP contribution in [0, 0.1) is 0 Å². The van der Waals surface area contributed by atoms with Crippen molar-refractivity contribution >= 4 is 15.9 Å². The van der Waals surface area contributed by atoms with E-state index < -0.39 is 0 Å². The third-order valence-corrected chi connectivity index (χ3v) is 2.59. The van der Waals surface area contributed by atoms with Crippen LogP contribution >= 0.6 is 15.9 Å². The lowest BCUT2D eigenvalue weighted by atomic mass is 10.2. The Hall–Kier alpha value is -0.380. The first-order chi connectivity index (χ1) is 7.22. The van der Waals surface area contributed by atoms with Crippen molar-refractivity contribution in [3.05, 3.63) is 34.3 Å². The van der Waals surface area contributed by atoms with Crippen molar-refractivity contribution in [2.75, 3.05) is 13.2 Å². The van der Waals surface area contributed by atoms with Gasteiger partial charge in [0.15, 0.2) is 0 Å². The lowest BCUT2D eigenvalue weighted by molar-refractivity contribution is 0.0759. The highest BCUT2D eigenvalue weighted by molar-refractivity contribution is 9.10. The Bertz CT molecular complexity index is 291. The Morgan fingerprint density at radius 3 is 2.93 bits per heavy atom. The average molecular weight is 272 g/mol. The third kappa shape index (κ3) is 5.30. The van der Waals surface area contributed by atoms with E-state index in [2.05, 4.69) is 40.3 Å². The van der Waals surface area contributed by atoms with Crippen LogP contribution in [0.5, 0.6) is 0 Å². The molecule has 0 amide bonds. The first-order valence-corrected chi connectivity index (χ1v) is 6.08. The Morgan fingerprint density at radius 2 is 2.27 bits per heavy atom. The monoisotopic (exact) mass is 271 g/mol. The minimum absolute atomic E-state index is 0.280. The Morgan fingerprint density at radius 1 is 1.47 bits per heavy atom. The number of hydrogen-bond donors (Lipinski definition) is 1. The van der Waals surface area contributed by atoms with Crippen molar-refractivity contribution in [3.63, 3.8) is 0 Å². The molecule has 1 aromatic rings. The fraction of sp³-hybridized carbons (Fsp3) is 0.500. The predicted octanol–water partition coefficient (Wildman–Crippen LogP) is 2.96. The summed E-state index contributed by atoms with van der Waals surface area (Å²) in [6.07, 6.45) is 0.280. The summed E-state index contributed by atoms with van der Waals surface area (Å²) in [6, 6.07) is 8.32. The summed E-state index contributed by atoms with van der Waals surface area (Å²) in [6.45, 7) is 6.65. The molecule has 0 fully saturated rings. The number of nitrogens with one attached hydrogen (secondary N) is 1. The van der Waals surface area contributed by atoms with E-state index in [1.165, 1.54) is 5.56 Å². The molecule has 0 spiro atoms. The van der Waals surface area contributed by atoms with E-state index in [0.717, 1.165) is 24.2 Å². The molecular weight excluding hydrogens is 254 g/mol. The molecule has 0 aliphatic heterocycles. The van der Waals surface area contributed by atoms with Crippen LogP contribution < -0.4 is 5.32 Å². The molecule has 2 nitrogen and oxygen atoms in total. The highest BCUT2D eigenvalue weighted by Gasteiger charge is 1.99. The average Bonchev–Trinajstić information content (AvgIpc) is 2.18. The van der Waals surface area contributed by atoms with Gasteiger partial charge in [-0.05, 0) is 31.5 Å². The second-order valence-electron chi connectivity index (χ2n) is 3.53. The summed E-state index contributed by atoms with van der Waals surface area (Å²) >= 11 is 3.46. The van der Waals surface area contributed by atoms with Gasteiger partial charge in [0.25, 0.3) is 0 Å². The molecule has 3 heteroatoms. The lowest BCUT2D eigenvalue weighted by Crippen LogP contribution is -2.26. The quantitative estimate of drug-likeness (QED) is 0.859. The molecule has 1 atom stereocenters. The van der Waals surface area contributed by atoms with Crippen molar-refractivity contribution in [1.29, 1.82) is 0 Å². The fourth-order valence-electron chi connectivity index (χ4n) is 1.41. The number of hydrogen-bond acceptors (Lipinski definition) is 2. The van der Waals surface area contributed by atoms with Gasteiger partial charge >= 0.3 is 0 Å². The molecular formula is C12H18BrNO. The Labute approximate surface area is 100 Å². The maximum absolute atomic E-state index is 5.43. The maximum Gasteiger partial charge on any atom is 0.0671 e. The molecule has 1 aromatic carbocycles. The van der Waals surface area contributed by atoms with Crippen LogP contribution in [0.25, 0.3) is 0 Å². The molecule has 0 saturated heterocycles. The van der Waals surface area contributed by atoms with Gasteiger partial charge in [0.05, 0.1) is 6.10 Å². The predicted molar refractivity (Wildman–Crippen MR) is 66.9 cm³/mol. The van der Waals surface area contributed by atoms with Gasteiger partial charge in [-0.2, -0.15) is 0 Å². The van der Waals surface area contributed by atoms with E-state index >= 15 is 0 Å². The molecule has 1 unspecified atom stereocenters. The van der Waals surface area contributed by atoms with Crippen molar-refractivity contribution < 1.29 is 4.74 Å². The number of benzene rings is 1. The zero-order chi connectivity index (χ0) is 11.1. The molecule has 0 aliphatic rings. The number of rotatable bonds is 6. The first-order valence-electron chi connectivity index (χ1n) is 5.29. The summed E-state index contributed by atoms with van der Waals surface area (Å²) in [5.74, 6) is 0. The van der Waals surface area contributed by atoms with E-state index in [4.69, 9.17) is 4.74 Å². The van der Waals surface area contributed by atoms with Gasteiger partial charge in [0, 0.05) is 24.2 Å². The molecule has 0 radical (unpaired) electrons. The molecule has 1 N–H and O–H groups in total. The molecule has 0 aromatic heterocycles. The van der Waals surface area contributed by atoms with Crippen molar-refractivity contribution in [3.8, 4) is 0 Å². The lowest BCUT2D eigenvalue weighted by Gasteiger charge is -2.12. The molecule has 0 bridgehead atoms. The van der Waals surface area contributed by atoms with Crippen LogP contribution in [0.1, 0.15) is 19.4 Å². The minimum atomic E-state index is 0.280. The SMILES string of the molecule is CCOC(C)CNCc1cccc(Br)c1. The summed E-state index contributed by atoms with van der Waals surface area (Å²) in [7, 11) is 0. The molecule has 84 valence electrons. The molecule has 1 rings (SSSR count). The zero-order valence-corrected chi connectivity index (χ0v) is 10.9. The minimum Gasteiger partial charge on any atom is -0.377 e. The molecule has 0 aliphatic carbocycles. The van der Waals surface area contributed by atoms with Gasteiger partial charge in [0.2, 0.25) is 0 Å². The number of halogens is 1. The standard InChI is InChI=1S/C12H18BrNO/c1-3-15-10(2)8-14-9-11-5-4-6-12(13)7-11/h4-7,10,14H,3,8-9H2,1-2H3. The highest BCUT2D eigenvalue weighted by atomic mass is 79.9. The van der Waals surface area contributed by atoms with Gasteiger partial charge in [-0.3, -0.25) is 0 Å². The van der Waals surface area contributed by atoms with Crippen LogP contribution in [0.15, 0.2) is 28.7 Å². The van der Waals surface area contributed by atoms with Crippen LogP contribution in [0.2, 0.25) is 0 Å². The summed E-state index contributed by atoms with van der Waals surface area (Å²) < 4.78 is 6.56. The zero-order valence-electron chi connectivity index (χ0n) is 9.29. The van der Waals surface area contributed by atoms with Crippen molar-refractivity contribution in [2.24, 2.45) is 0 Å². The number of ether oxygens (including phenoxy) is 1. The Kier molecular flexibility index (Phi) is 5.91. The van der Waals surface area contributed by atoms with E-state index in [-0.39, 0.29) is 6.10 Å². The van der Waals surface area contributed by atoms with Gasteiger partial charge < -0.3 is 10.1 Å². The Balaban J connectivity index is 2.25. The van der Waals surface area contributed by atoms with Crippen LogP contribution in [-0.2, 0) is 11.3 Å².